The lowest BCUT2D eigenvalue weighted by Crippen LogP contribution is -2.33. The van der Waals surface area contributed by atoms with Crippen LogP contribution in [0.5, 0.6) is 0 Å². The van der Waals surface area contributed by atoms with Crippen LogP contribution in [0.4, 0.5) is 0 Å². The van der Waals surface area contributed by atoms with Crippen LogP contribution in [0, 0.1) is 0 Å². The average molecular weight is 370 g/mol. The van der Waals surface area contributed by atoms with Crippen LogP contribution < -0.4 is 4.72 Å². The van der Waals surface area contributed by atoms with Crippen molar-refractivity contribution >= 4 is 31.9 Å². The quantitative estimate of drug-likeness (QED) is 0.848. The van der Waals surface area contributed by atoms with Crippen LogP contribution in [0.25, 0.3) is 0 Å². The zero-order valence-corrected chi connectivity index (χ0v) is 13.1. The molecule has 0 unspecified atom stereocenters. The van der Waals surface area contributed by atoms with Gasteiger partial charge in [-0.3, -0.25) is 4.79 Å². The molecular formula is C14H12BrNO4S. The first kappa shape index (κ1) is 15.7. The molecule has 0 saturated carbocycles. The number of nitrogens with one attached hydrogen (secondary N) is 1. The van der Waals surface area contributed by atoms with Crippen LogP contribution in [-0.4, -0.2) is 19.5 Å². The van der Waals surface area contributed by atoms with Crippen molar-refractivity contribution in [2.45, 2.75) is 10.9 Å². The highest BCUT2D eigenvalue weighted by atomic mass is 79.9. The average Bonchev–Trinajstić information content (AvgIpc) is 2.46. The van der Waals surface area contributed by atoms with Crippen LogP contribution in [0.15, 0.2) is 64.0 Å². The summed E-state index contributed by atoms with van der Waals surface area (Å²) >= 11 is 3.21. The summed E-state index contributed by atoms with van der Waals surface area (Å²) in [6.07, 6.45) is 0. The molecule has 2 rings (SSSR count). The minimum absolute atomic E-state index is 0.00730. The fraction of sp³-hybridized carbons (Fsp3) is 0.0714. The van der Waals surface area contributed by atoms with E-state index in [1.54, 1.807) is 42.5 Å². The molecular weight excluding hydrogens is 358 g/mol. The molecule has 0 saturated heterocycles. The molecule has 1 atom stereocenters. The van der Waals surface area contributed by atoms with Crippen molar-refractivity contribution in [3.63, 3.8) is 0 Å². The third-order valence-electron chi connectivity index (χ3n) is 2.78. The van der Waals surface area contributed by atoms with E-state index in [1.807, 2.05) is 0 Å². The van der Waals surface area contributed by atoms with Gasteiger partial charge in [0.1, 0.15) is 6.04 Å². The molecule has 0 amide bonds. The molecule has 0 spiro atoms. The second kappa shape index (κ2) is 6.38. The minimum atomic E-state index is -3.92. The molecule has 7 heteroatoms. The Morgan fingerprint density at radius 1 is 1.05 bits per heavy atom. The fourth-order valence-corrected chi connectivity index (χ4v) is 3.19. The lowest BCUT2D eigenvalue weighted by atomic mass is 10.1. The minimum Gasteiger partial charge on any atom is -0.480 e. The number of rotatable bonds is 5. The summed E-state index contributed by atoms with van der Waals surface area (Å²) in [5, 5.41) is 9.25. The first-order chi connectivity index (χ1) is 9.90. The maximum atomic E-state index is 12.2. The van der Waals surface area contributed by atoms with Gasteiger partial charge in [-0.25, -0.2) is 8.42 Å². The van der Waals surface area contributed by atoms with E-state index in [-0.39, 0.29) is 4.90 Å². The SMILES string of the molecule is O=C(O)[C@@H](NS(=O)(=O)c1ccc(Br)cc1)c1ccccc1. The van der Waals surface area contributed by atoms with Crippen molar-refractivity contribution < 1.29 is 18.3 Å². The lowest BCUT2D eigenvalue weighted by molar-refractivity contribution is -0.139. The molecule has 110 valence electrons. The van der Waals surface area contributed by atoms with Crippen molar-refractivity contribution in [2.24, 2.45) is 0 Å². The summed E-state index contributed by atoms with van der Waals surface area (Å²) in [6.45, 7) is 0. The molecule has 0 heterocycles. The van der Waals surface area contributed by atoms with E-state index >= 15 is 0 Å². The number of benzene rings is 2. The van der Waals surface area contributed by atoms with E-state index in [0.717, 1.165) is 4.47 Å². The van der Waals surface area contributed by atoms with E-state index in [0.29, 0.717) is 5.56 Å². The van der Waals surface area contributed by atoms with E-state index in [2.05, 4.69) is 20.7 Å². The molecule has 0 aliphatic carbocycles. The van der Waals surface area contributed by atoms with Crippen LogP contribution in [0.2, 0.25) is 0 Å². The first-order valence-electron chi connectivity index (χ1n) is 5.96. The molecule has 0 radical (unpaired) electrons. The number of hydrogen-bond donors (Lipinski definition) is 2. The highest BCUT2D eigenvalue weighted by molar-refractivity contribution is 9.10. The smallest absolute Gasteiger partial charge is 0.326 e. The van der Waals surface area contributed by atoms with Gasteiger partial charge in [-0.15, -0.1) is 0 Å². The number of carbonyl (C=O) groups is 1. The highest BCUT2D eigenvalue weighted by Crippen LogP contribution is 2.19. The molecule has 0 aliphatic rings. The summed E-state index contributed by atoms with van der Waals surface area (Å²) in [5.74, 6) is -1.26. The Balaban J connectivity index is 2.32. The zero-order valence-electron chi connectivity index (χ0n) is 10.7. The Morgan fingerprint density at radius 2 is 1.62 bits per heavy atom. The summed E-state index contributed by atoms with van der Waals surface area (Å²) in [6, 6.07) is 12.8. The van der Waals surface area contributed by atoms with Crippen molar-refractivity contribution in [3.8, 4) is 0 Å². The van der Waals surface area contributed by atoms with Crippen molar-refractivity contribution in [1.82, 2.24) is 4.72 Å². The highest BCUT2D eigenvalue weighted by Gasteiger charge is 2.26. The molecule has 2 aromatic carbocycles. The normalized spacial score (nSPS) is 12.8. The fourth-order valence-electron chi connectivity index (χ4n) is 1.74. The number of carboxylic acid groups (broad SMARTS) is 1. The molecule has 5 nitrogen and oxygen atoms in total. The maximum absolute atomic E-state index is 12.2. The van der Waals surface area contributed by atoms with Gasteiger partial charge in [0.25, 0.3) is 0 Å². The Bertz CT molecular complexity index is 729. The van der Waals surface area contributed by atoms with Gasteiger partial charge in [0, 0.05) is 4.47 Å². The second-order valence-electron chi connectivity index (χ2n) is 4.26. The Morgan fingerprint density at radius 3 is 2.14 bits per heavy atom. The molecule has 2 N–H and O–H groups in total. The summed E-state index contributed by atoms with van der Waals surface area (Å²) in [5.41, 5.74) is 0.366. The lowest BCUT2D eigenvalue weighted by Gasteiger charge is -2.15. The van der Waals surface area contributed by atoms with Crippen LogP contribution in [0.1, 0.15) is 11.6 Å². The van der Waals surface area contributed by atoms with Crippen molar-refractivity contribution in [1.29, 1.82) is 0 Å². The van der Waals surface area contributed by atoms with Gasteiger partial charge in [0.15, 0.2) is 0 Å². The third kappa shape index (κ3) is 3.90. The molecule has 2 aromatic rings. The number of sulfonamides is 1. The van der Waals surface area contributed by atoms with E-state index in [9.17, 15) is 18.3 Å². The van der Waals surface area contributed by atoms with Gasteiger partial charge < -0.3 is 5.11 Å². The molecule has 0 aromatic heterocycles. The summed E-state index contributed by atoms with van der Waals surface area (Å²) < 4.78 is 27.4. The number of carboxylic acids is 1. The van der Waals surface area contributed by atoms with Crippen molar-refractivity contribution in [3.05, 3.63) is 64.6 Å². The molecule has 21 heavy (non-hydrogen) atoms. The standard InChI is InChI=1S/C14H12BrNO4S/c15-11-6-8-12(9-7-11)21(19,20)16-13(14(17)18)10-4-2-1-3-5-10/h1-9,13,16H,(H,17,18)/t13-/m0/s1. The van der Waals surface area contributed by atoms with Gasteiger partial charge in [-0.05, 0) is 29.8 Å². The Labute approximate surface area is 130 Å². The van der Waals surface area contributed by atoms with Gasteiger partial charge >= 0.3 is 5.97 Å². The predicted molar refractivity (Wildman–Crippen MR) is 81.3 cm³/mol. The second-order valence-corrected chi connectivity index (χ2v) is 6.89. The molecule has 0 aliphatic heterocycles. The van der Waals surface area contributed by atoms with E-state index in [1.165, 1.54) is 12.1 Å². The predicted octanol–water partition coefficient (Wildman–Crippen LogP) is 2.55. The van der Waals surface area contributed by atoms with Crippen molar-refractivity contribution in [2.75, 3.05) is 0 Å². The number of halogens is 1. The van der Waals surface area contributed by atoms with E-state index in [4.69, 9.17) is 0 Å². The maximum Gasteiger partial charge on any atom is 0.326 e. The molecule has 0 fully saturated rings. The van der Waals surface area contributed by atoms with Crippen LogP contribution >= 0.6 is 15.9 Å². The summed E-state index contributed by atoms with van der Waals surface area (Å²) in [7, 11) is -3.92. The number of aliphatic carboxylic acids is 1. The van der Waals surface area contributed by atoms with Gasteiger partial charge in [0.2, 0.25) is 10.0 Å². The molecule has 0 bridgehead atoms. The van der Waals surface area contributed by atoms with Crippen LogP contribution in [-0.2, 0) is 14.8 Å². The van der Waals surface area contributed by atoms with Crippen LogP contribution in [0.3, 0.4) is 0 Å². The Kier molecular flexibility index (Phi) is 4.76. The number of hydrogen-bond acceptors (Lipinski definition) is 3. The van der Waals surface area contributed by atoms with Gasteiger partial charge in [-0.2, -0.15) is 4.72 Å². The van der Waals surface area contributed by atoms with E-state index < -0.39 is 22.0 Å². The van der Waals surface area contributed by atoms with Gasteiger partial charge in [0.05, 0.1) is 4.90 Å². The van der Waals surface area contributed by atoms with Gasteiger partial charge in [-0.1, -0.05) is 46.3 Å². The monoisotopic (exact) mass is 369 g/mol. The topological polar surface area (TPSA) is 83.5 Å². The third-order valence-corrected chi connectivity index (χ3v) is 4.74. The zero-order chi connectivity index (χ0) is 15.5. The largest absolute Gasteiger partial charge is 0.480 e. The Hall–Kier alpha value is -1.70. The first-order valence-corrected chi connectivity index (χ1v) is 8.23. The summed E-state index contributed by atoms with van der Waals surface area (Å²) in [4.78, 5) is 11.3.